The van der Waals surface area contributed by atoms with Gasteiger partial charge < -0.3 is 10.0 Å². The van der Waals surface area contributed by atoms with Gasteiger partial charge in [-0.2, -0.15) is 0 Å². The Labute approximate surface area is 99.0 Å². The third-order valence-corrected chi connectivity index (χ3v) is 2.36. The zero-order valence-electron chi connectivity index (χ0n) is 9.74. The summed E-state index contributed by atoms with van der Waals surface area (Å²) in [4.78, 5) is 23.7. The average Bonchev–Trinajstić information content (AvgIpc) is 2.79. The van der Waals surface area contributed by atoms with Crippen LogP contribution in [0.5, 0.6) is 0 Å². The van der Waals surface area contributed by atoms with Crippen molar-refractivity contribution in [3.8, 4) is 0 Å². The van der Waals surface area contributed by atoms with E-state index in [1.807, 2.05) is 6.92 Å². The quantitative estimate of drug-likeness (QED) is 0.724. The van der Waals surface area contributed by atoms with Crippen molar-refractivity contribution < 1.29 is 14.7 Å². The molecule has 0 aliphatic rings. The molecule has 94 valence electrons. The number of amides is 1. The van der Waals surface area contributed by atoms with Crippen molar-refractivity contribution in [1.82, 2.24) is 19.9 Å². The van der Waals surface area contributed by atoms with E-state index < -0.39 is 5.97 Å². The molecule has 1 heterocycles. The summed E-state index contributed by atoms with van der Waals surface area (Å²) in [6.45, 7) is 3.06. The first-order valence-corrected chi connectivity index (χ1v) is 5.47. The molecule has 1 amide bonds. The molecule has 7 heteroatoms. The molecule has 0 bridgehead atoms. The predicted octanol–water partition coefficient (Wildman–Crippen LogP) is -0.00860. The number of aryl methyl sites for hydroxylation is 1. The number of carbonyl (C=O) groups excluding carboxylic acids is 1. The molecular formula is C10H16N4O3. The molecule has 1 rings (SSSR count). The topological polar surface area (TPSA) is 88.3 Å². The van der Waals surface area contributed by atoms with Gasteiger partial charge in [-0.05, 0) is 6.92 Å². The van der Waals surface area contributed by atoms with Gasteiger partial charge in [0.05, 0.1) is 19.2 Å². The number of hydrogen-bond donors (Lipinski definition) is 1. The van der Waals surface area contributed by atoms with E-state index in [1.165, 1.54) is 4.90 Å². The van der Waals surface area contributed by atoms with E-state index in [0.29, 0.717) is 19.5 Å². The van der Waals surface area contributed by atoms with Crippen molar-refractivity contribution in [1.29, 1.82) is 0 Å². The van der Waals surface area contributed by atoms with Crippen LogP contribution in [-0.2, 0) is 16.1 Å². The summed E-state index contributed by atoms with van der Waals surface area (Å²) in [5, 5.41) is 15.9. The Kier molecular flexibility index (Phi) is 5.12. The van der Waals surface area contributed by atoms with E-state index in [-0.39, 0.29) is 18.9 Å². The molecule has 17 heavy (non-hydrogen) atoms. The highest BCUT2D eigenvalue weighted by Gasteiger charge is 2.12. The van der Waals surface area contributed by atoms with Gasteiger partial charge in [0, 0.05) is 25.7 Å². The maximum absolute atomic E-state index is 11.8. The van der Waals surface area contributed by atoms with Crippen LogP contribution in [0.1, 0.15) is 19.8 Å². The Morgan fingerprint density at radius 2 is 2.18 bits per heavy atom. The first-order chi connectivity index (χ1) is 8.13. The number of aromatic nitrogens is 3. The average molecular weight is 240 g/mol. The van der Waals surface area contributed by atoms with Gasteiger partial charge in [0.2, 0.25) is 5.91 Å². The van der Waals surface area contributed by atoms with Gasteiger partial charge in [-0.3, -0.25) is 14.3 Å². The zero-order valence-corrected chi connectivity index (χ0v) is 9.74. The van der Waals surface area contributed by atoms with Crippen molar-refractivity contribution in [2.45, 2.75) is 26.3 Å². The van der Waals surface area contributed by atoms with E-state index in [2.05, 4.69) is 10.3 Å². The Morgan fingerprint density at radius 3 is 2.71 bits per heavy atom. The van der Waals surface area contributed by atoms with Gasteiger partial charge in [-0.25, -0.2) is 0 Å². The Morgan fingerprint density at radius 1 is 1.41 bits per heavy atom. The number of aliphatic carboxylic acids is 1. The largest absolute Gasteiger partial charge is 0.481 e. The Bertz CT molecular complexity index is 364. The van der Waals surface area contributed by atoms with Crippen LogP contribution < -0.4 is 0 Å². The Hall–Kier alpha value is -1.92. The first kappa shape index (κ1) is 13.1. The van der Waals surface area contributed by atoms with E-state index in [1.54, 1.807) is 17.1 Å². The summed E-state index contributed by atoms with van der Waals surface area (Å²) in [6, 6.07) is 0. The van der Waals surface area contributed by atoms with Gasteiger partial charge in [0.1, 0.15) is 0 Å². The summed E-state index contributed by atoms with van der Waals surface area (Å²) in [7, 11) is 0. The molecular weight excluding hydrogens is 224 g/mol. The number of carbonyl (C=O) groups is 2. The summed E-state index contributed by atoms with van der Waals surface area (Å²) in [5.41, 5.74) is 0. The fourth-order valence-corrected chi connectivity index (χ4v) is 1.41. The fraction of sp³-hybridized carbons (Fsp3) is 0.600. The molecule has 1 N–H and O–H groups in total. The second kappa shape index (κ2) is 6.62. The number of hydrogen-bond acceptors (Lipinski definition) is 4. The summed E-state index contributed by atoms with van der Waals surface area (Å²) < 4.78 is 1.57. The summed E-state index contributed by atoms with van der Waals surface area (Å²) >= 11 is 0. The highest BCUT2D eigenvalue weighted by atomic mass is 16.4. The third kappa shape index (κ3) is 4.62. The summed E-state index contributed by atoms with van der Waals surface area (Å²) in [6.07, 6.45) is 3.51. The standard InChI is InChI=1S/C10H16N4O3/c1-2-13(6-4-10(16)17)9(15)3-7-14-8-5-11-12-14/h5,8H,2-4,6-7H2,1H3,(H,16,17). The monoisotopic (exact) mass is 240 g/mol. The molecule has 0 atom stereocenters. The lowest BCUT2D eigenvalue weighted by Gasteiger charge is -2.19. The minimum Gasteiger partial charge on any atom is -0.481 e. The molecule has 0 saturated carbocycles. The highest BCUT2D eigenvalue weighted by molar-refractivity contribution is 5.76. The van der Waals surface area contributed by atoms with E-state index in [9.17, 15) is 9.59 Å². The van der Waals surface area contributed by atoms with E-state index in [0.717, 1.165) is 0 Å². The molecule has 0 aliphatic heterocycles. The van der Waals surface area contributed by atoms with Crippen LogP contribution in [0.15, 0.2) is 12.4 Å². The molecule has 0 aliphatic carbocycles. The molecule has 1 aromatic heterocycles. The normalized spacial score (nSPS) is 10.2. The van der Waals surface area contributed by atoms with Gasteiger partial charge >= 0.3 is 5.97 Å². The maximum Gasteiger partial charge on any atom is 0.305 e. The number of rotatable bonds is 7. The SMILES string of the molecule is CCN(CCC(=O)O)C(=O)CCn1ccnn1. The van der Waals surface area contributed by atoms with Crippen molar-refractivity contribution in [2.24, 2.45) is 0 Å². The van der Waals surface area contributed by atoms with Crippen molar-refractivity contribution >= 4 is 11.9 Å². The van der Waals surface area contributed by atoms with Crippen LogP contribution in [0, 0.1) is 0 Å². The van der Waals surface area contributed by atoms with Crippen LogP contribution >= 0.6 is 0 Å². The van der Waals surface area contributed by atoms with Crippen LogP contribution in [0.2, 0.25) is 0 Å². The zero-order chi connectivity index (χ0) is 12.7. The molecule has 0 aromatic carbocycles. The van der Waals surface area contributed by atoms with Crippen molar-refractivity contribution in [3.63, 3.8) is 0 Å². The molecule has 0 fully saturated rings. The molecule has 0 saturated heterocycles. The number of nitrogens with zero attached hydrogens (tertiary/aromatic N) is 4. The molecule has 0 spiro atoms. The van der Waals surface area contributed by atoms with Crippen LogP contribution in [0.4, 0.5) is 0 Å². The highest BCUT2D eigenvalue weighted by Crippen LogP contribution is 1.98. The minimum atomic E-state index is -0.896. The van der Waals surface area contributed by atoms with Crippen molar-refractivity contribution in [2.75, 3.05) is 13.1 Å². The van der Waals surface area contributed by atoms with Gasteiger partial charge in [0.15, 0.2) is 0 Å². The molecule has 1 aromatic rings. The molecule has 7 nitrogen and oxygen atoms in total. The predicted molar refractivity (Wildman–Crippen MR) is 59.1 cm³/mol. The lowest BCUT2D eigenvalue weighted by Crippen LogP contribution is -2.33. The van der Waals surface area contributed by atoms with E-state index >= 15 is 0 Å². The summed E-state index contributed by atoms with van der Waals surface area (Å²) in [5.74, 6) is -0.961. The van der Waals surface area contributed by atoms with Crippen LogP contribution in [0.3, 0.4) is 0 Å². The lowest BCUT2D eigenvalue weighted by molar-refractivity contribution is -0.138. The molecule has 0 unspecified atom stereocenters. The van der Waals surface area contributed by atoms with E-state index in [4.69, 9.17) is 5.11 Å². The smallest absolute Gasteiger partial charge is 0.305 e. The fourth-order valence-electron chi connectivity index (χ4n) is 1.41. The van der Waals surface area contributed by atoms with Gasteiger partial charge in [0.25, 0.3) is 0 Å². The second-order valence-electron chi connectivity index (χ2n) is 3.53. The van der Waals surface area contributed by atoms with Gasteiger partial charge in [-0.1, -0.05) is 5.21 Å². The first-order valence-electron chi connectivity index (χ1n) is 5.47. The van der Waals surface area contributed by atoms with Crippen LogP contribution in [0.25, 0.3) is 0 Å². The number of carboxylic acid groups (broad SMARTS) is 1. The second-order valence-corrected chi connectivity index (χ2v) is 3.53. The Balaban J connectivity index is 2.35. The molecule has 0 radical (unpaired) electrons. The minimum absolute atomic E-state index is 0.0249. The lowest BCUT2D eigenvalue weighted by atomic mass is 10.3. The van der Waals surface area contributed by atoms with Crippen molar-refractivity contribution in [3.05, 3.63) is 12.4 Å². The maximum atomic E-state index is 11.8. The van der Waals surface area contributed by atoms with Crippen LogP contribution in [-0.4, -0.2) is 50.0 Å². The third-order valence-electron chi connectivity index (χ3n) is 2.36. The van der Waals surface area contributed by atoms with Gasteiger partial charge in [-0.15, -0.1) is 5.10 Å². The number of carboxylic acids is 1.